The van der Waals surface area contributed by atoms with Crippen molar-refractivity contribution < 1.29 is 22.7 Å². The van der Waals surface area contributed by atoms with Gasteiger partial charge in [0, 0.05) is 6.54 Å². The average molecular weight is 564 g/mol. The highest BCUT2D eigenvalue weighted by atomic mass is 32.2. The molecule has 1 saturated heterocycles. The van der Waals surface area contributed by atoms with E-state index in [0.717, 1.165) is 16.7 Å². The minimum absolute atomic E-state index is 0.0670. The van der Waals surface area contributed by atoms with Gasteiger partial charge in [-0.15, -0.1) is 0 Å². The molecule has 6 nitrogen and oxygen atoms in total. The second-order valence-corrected chi connectivity index (χ2v) is 15.4. The fraction of sp³-hybridized carbons (Fsp3) is 0.424. The predicted octanol–water partition coefficient (Wildman–Crippen LogP) is 6.59. The predicted molar refractivity (Wildman–Crippen MR) is 159 cm³/mol. The summed E-state index contributed by atoms with van der Waals surface area (Å²) in [7, 11) is -3.53. The van der Waals surface area contributed by atoms with Crippen LogP contribution in [-0.4, -0.2) is 54.2 Å². The first-order chi connectivity index (χ1) is 18.8. The molecule has 0 N–H and O–H groups in total. The van der Waals surface area contributed by atoms with Crippen molar-refractivity contribution in [3.05, 3.63) is 108 Å². The van der Waals surface area contributed by atoms with Crippen LogP contribution in [0.25, 0.3) is 0 Å². The molecule has 40 heavy (non-hydrogen) atoms. The Morgan fingerprint density at radius 1 is 0.775 bits per heavy atom. The standard InChI is InChI=1S/C33H41NO5S/c1-31(2,3)39-30(35)34-23-29(40(36,37)32(4,5)6)22-28(34)24-38-33(25-16-10-7-11-17-25,26-18-12-8-13-19-26)27-20-14-9-15-21-27/h7-21,28-29H,22-24H2,1-6H3/t28-,29+/m0/s1. The Bertz CT molecular complexity index is 1280. The van der Waals surface area contributed by atoms with E-state index < -0.39 is 43.2 Å². The summed E-state index contributed by atoms with van der Waals surface area (Å²) in [6.45, 7) is 10.7. The van der Waals surface area contributed by atoms with Gasteiger partial charge in [0.15, 0.2) is 9.84 Å². The molecule has 1 aliphatic heterocycles. The Morgan fingerprint density at radius 3 is 1.57 bits per heavy atom. The normalized spacial score (nSPS) is 18.5. The number of benzene rings is 3. The van der Waals surface area contributed by atoms with Gasteiger partial charge >= 0.3 is 6.09 Å². The average Bonchev–Trinajstić information content (AvgIpc) is 3.35. The van der Waals surface area contributed by atoms with Crippen molar-refractivity contribution in [2.75, 3.05) is 13.2 Å². The molecule has 0 spiro atoms. The lowest BCUT2D eigenvalue weighted by molar-refractivity contribution is -0.0251. The van der Waals surface area contributed by atoms with E-state index in [1.54, 1.807) is 46.4 Å². The summed E-state index contributed by atoms with van der Waals surface area (Å²) in [4.78, 5) is 14.9. The Balaban J connectivity index is 1.78. The first-order valence-electron chi connectivity index (χ1n) is 13.8. The molecule has 3 aromatic carbocycles. The van der Waals surface area contributed by atoms with E-state index in [0.29, 0.717) is 0 Å². The molecule has 214 valence electrons. The summed E-state index contributed by atoms with van der Waals surface area (Å²) in [6.07, 6.45) is -0.259. The van der Waals surface area contributed by atoms with Crippen LogP contribution < -0.4 is 0 Å². The topological polar surface area (TPSA) is 72.9 Å². The van der Waals surface area contributed by atoms with Crippen LogP contribution in [0.15, 0.2) is 91.0 Å². The van der Waals surface area contributed by atoms with E-state index in [1.807, 2.05) is 91.0 Å². The molecule has 1 fully saturated rings. The first kappa shape index (κ1) is 29.8. The van der Waals surface area contributed by atoms with Crippen LogP contribution in [0.1, 0.15) is 64.7 Å². The number of ether oxygens (including phenoxy) is 2. The quantitative estimate of drug-likeness (QED) is 0.304. The molecule has 7 heteroatoms. The van der Waals surface area contributed by atoms with E-state index in [9.17, 15) is 13.2 Å². The van der Waals surface area contributed by atoms with Crippen molar-refractivity contribution in [3.8, 4) is 0 Å². The molecule has 0 unspecified atom stereocenters. The zero-order valence-electron chi connectivity index (χ0n) is 24.3. The molecule has 3 aromatic rings. The van der Waals surface area contributed by atoms with E-state index in [4.69, 9.17) is 9.47 Å². The minimum atomic E-state index is -3.53. The van der Waals surface area contributed by atoms with Crippen LogP contribution >= 0.6 is 0 Å². The summed E-state index contributed by atoms with van der Waals surface area (Å²) in [5.41, 5.74) is 1.12. The summed E-state index contributed by atoms with van der Waals surface area (Å²) < 4.78 is 38.8. The van der Waals surface area contributed by atoms with Gasteiger partial charge in [0.25, 0.3) is 0 Å². The van der Waals surface area contributed by atoms with Gasteiger partial charge in [-0.1, -0.05) is 91.0 Å². The van der Waals surface area contributed by atoms with Gasteiger partial charge < -0.3 is 14.4 Å². The van der Waals surface area contributed by atoms with Crippen molar-refractivity contribution in [3.63, 3.8) is 0 Å². The molecule has 0 radical (unpaired) electrons. The first-order valence-corrected chi connectivity index (χ1v) is 15.3. The largest absolute Gasteiger partial charge is 0.444 e. The van der Waals surface area contributed by atoms with Gasteiger partial charge in [0.05, 0.1) is 22.6 Å². The van der Waals surface area contributed by atoms with Gasteiger partial charge in [-0.25, -0.2) is 13.2 Å². The molecule has 1 aliphatic rings. The molecule has 0 bridgehead atoms. The Labute approximate surface area is 239 Å². The van der Waals surface area contributed by atoms with Gasteiger partial charge in [-0.3, -0.25) is 0 Å². The third kappa shape index (κ3) is 6.11. The maximum Gasteiger partial charge on any atom is 0.410 e. The third-order valence-electron chi connectivity index (χ3n) is 7.33. The summed E-state index contributed by atoms with van der Waals surface area (Å²) in [6, 6.07) is 29.5. The lowest BCUT2D eigenvalue weighted by Gasteiger charge is -2.38. The van der Waals surface area contributed by atoms with Crippen LogP contribution in [0.4, 0.5) is 4.79 Å². The number of carbonyl (C=O) groups is 1. The van der Waals surface area contributed by atoms with Gasteiger partial charge in [-0.2, -0.15) is 0 Å². The van der Waals surface area contributed by atoms with Gasteiger partial charge in [0.2, 0.25) is 0 Å². The van der Waals surface area contributed by atoms with Gasteiger partial charge in [-0.05, 0) is 64.7 Å². The van der Waals surface area contributed by atoms with Crippen molar-refractivity contribution in [2.24, 2.45) is 0 Å². The lowest BCUT2D eigenvalue weighted by atomic mass is 9.80. The van der Waals surface area contributed by atoms with Crippen molar-refractivity contribution >= 4 is 15.9 Å². The van der Waals surface area contributed by atoms with E-state index >= 15 is 0 Å². The summed E-state index contributed by atoms with van der Waals surface area (Å²) in [5.74, 6) is 0. The molecule has 1 heterocycles. The molecule has 4 rings (SSSR count). The van der Waals surface area contributed by atoms with Crippen molar-refractivity contribution in [1.82, 2.24) is 4.90 Å². The van der Waals surface area contributed by atoms with Gasteiger partial charge in [0.1, 0.15) is 11.2 Å². The highest BCUT2D eigenvalue weighted by Crippen LogP contribution is 2.41. The third-order valence-corrected chi connectivity index (χ3v) is 10.3. The van der Waals surface area contributed by atoms with E-state index in [2.05, 4.69) is 0 Å². The maximum absolute atomic E-state index is 13.5. The zero-order valence-corrected chi connectivity index (χ0v) is 25.1. The van der Waals surface area contributed by atoms with Crippen LogP contribution in [-0.2, 0) is 24.9 Å². The highest BCUT2D eigenvalue weighted by molar-refractivity contribution is 7.93. The molecule has 0 aromatic heterocycles. The molecular weight excluding hydrogens is 522 g/mol. The van der Waals surface area contributed by atoms with Crippen LogP contribution in [0, 0.1) is 0 Å². The van der Waals surface area contributed by atoms with Crippen molar-refractivity contribution in [1.29, 1.82) is 0 Å². The maximum atomic E-state index is 13.5. The van der Waals surface area contributed by atoms with Crippen molar-refractivity contribution in [2.45, 2.75) is 75.2 Å². The van der Waals surface area contributed by atoms with E-state index in [-0.39, 0.29) is 19.6 Å². The summed E-state index contributed by atoms with van der Waals surface area (Å²) in [5, 5.41) is -0.715. The number of rotatable bonds is 7. The van der Waals surface area contributed by atoms with Crippen LogP contribution in [0.2, 0.25) is 0 Å². The number of likely N-dealkylation sites (tertiary alicyclic amines) is 1. The fourth-order valence-electron chi connectivity index (χ4n) is 5.29. The highest BCUT2D eigenvalue weighted by Gasteiger charge is 2.48. The Hall–Kier alpha value is -3.16. The number of sulfone groups is 1. The van der Waals surface area contributed by atoms with E-state index in [1.165, 1.54) is 0 Å². The molecule has 0 aliphatic carbocycles. The fourth-order valence-corrected chi connectivity index (χ4v) is 7.12. The number of nitrogens with zero attached hydrogens (tertiary/aromatic N) is 1. The zero-order chi connectivity index (χ0) is 29.2. The minimum Gasteiger partial charge on any atom is -0.444 e. The number of hydrogen-bond acceptors (Lipinski definition) is 5. The Kier molecular flexibility index (Phi) is 8.48. The SMILES string of the molecule is CC(C)(C)OC(=O)N1C[C@H](S(=O)(=O)C(C)(C)C)C[C@H]1COC(c1ccccc1)(c1ccccc1)c1ccccc1. The number of carbonyl (C=O) groups excluding carboxylic acids is 1. The number of hydrogen-bond donors (Lipinski definition) is 0. The van der Waals surface area contributed by atoms with Crippen LogP contribution in [0.5, 0.6) is 0 Å². The number of amides is 1. The summed E-state index contributed by atoms with van der Waals surface area (Å²) >= 11 is 0. The smallest absolute Gasteiger partial charge is 0.410 e. The molecule has 0 saturated carbocycles. The monoisotopic (exact) mass is 563 g/mol. The molecule has 2 atom stereocenters. The Morgan fingerprint density at radius 2 is 1.20 bits per heavy atom. The second kappa shape index (κ2) is 11.4. The van der Waals surface area contributed by atoms with Crippen LogP contribution in [0.3, 0.4) is 0 Å². The molecule has 1 amide bonds. The molecular formula is C33H41NO5S. The second-order valence-electron chi connectivity index (χ2n) is 12.4. The lowest BCUT2D eigenvalue weighted by Crippen LogP contribution is -2.44.